The monoisotopic (exact) mass is 312 g/mol. The van der Waals surface area contributed by atoms with Crippen molar-refractivity contribution in [1.29, 1.82) is 0 Å². The second-order valence-corrected chi connectivity index (χ2v) is 5.34. The lowest BCUT2D eigenvalue weighted by Crippen LogP contribution is -2.28. The van der Waals surface area contributed by atoms with Gasteiger partial charge in [0, 0.05) is 12.1 Å². The van der Waals surface area contributed by atoms with E-state index in [-0.39, 0.29) is 11.7 Å². The number of carbonyl (C=O) groups excluding carboxylic acids is 1. The number of nitrogens with zero attached hydrogens (tertiary/aromatic N) is 1. The Morgan fingerprint density at radius 3 is 2.74 bits per heavy atom. The molecule has 1 amide bonds. The second kappa shape index (κ2) is 6.60. The molecular weight excluding hydrogens is 295 g/mol. The van der Waals surface area contributed by atoms with Gasteiger partial charge in [0.1, 0.15) is 5.82 Å². The summed E-state index contributed by atoms with van der Waals surface area (Å²) in [7, 11) is 0. The van der Waals surface area contributed by atoms with Crippen LogP contribution < -0.4 is 5.32 Å². The summed E-state index contributed by atoms with van der Waals surface area (Å²) in [4.78, 5) is 17.6. The Labute approximate surface area is 134 Å². The van der Waals surface area contributed by atoms with Crippen molar-refractivity contribution >= 4 is 17.3 Å². The maximum atomic E-state index is 13.0. The lowest BCUT2D eigenvalue weighted by molar-refractivity contribution is -0.125. The van der Waals surface area contributed by atoms with Crippen LogP contribution in [0.5, 0.6) is 0 Å². The van der Waals surface area contributed by atoms with Crippen LogP contribution in [0.25, 0.3) is 0 Å². The summed E-state index contributed by atoms with van der Waals surface area (Å²) in [5.74, 6) is -0.537. The summed E-state index contributed by atoms with van der Waals surface area (Å²) in [6, 6.07) is 13.7. The lowest BCUT2D eigenvalue weighted by atomic mass is 10.0. The van der Waals surface area contributed by atoms with Gasteiger partial charge in [-0.1, -0.05) is 42.4 Å². The smallest absolute Gasteiger partial charge is 0.268 e. The van der Waals surface area contributed by atoms with E-state index >= 15 is 0 Å². The van der Waals surface area contributed by atoms with Crippen LogP contribution in [0.1, 0.15) is 24.5 Å². The summed E-state index contributed by atoms with van der Waals surface area (Å²) < 4.78 is 13.0. The molecule has 2 aromatic carbocycles. The van der Waals surface area contributed by atoms with Crippen molar-refractivity contribution in [3.63, 3.8) is 0 Å². The number of carbonyl (C=O) groups is 1. The van der Waals surface area contributed by atoms with E-state index in [0.717, 1.165) is 23.2 Å². The molecule has 0 radical (unpaired) electrons. The van der Waals surface area contributed by atoms with Crippen LogP contribution in [-0.2, 0) is 16.1 Å². The minimum atomic E-state index is -0.667. The Balaban J connectivity index is 1.65. The fraction of sp³-hybridized carbons (Fsp3) is 0.222. The van der Waals surface area contributed by atoms with Crippen molar-refractivity contribution in [2.75, 3.05) is 5.32 Å². The zero-order valence-corrected chi connectivity index (χ0v) is 12.8. The second-order valence-electron chi connectivity index (χ2n) is 5.34. The number of nitrogens with one attached hydrogen (secondary N) is 1. The predicted octanol–water partition coefficient (Wildman–Crippen LogP) is 3.52. The number of hydrogen-bond donors (Lipinski definition) is 1. The molecule has 0 unspecified atom stereocenters. The van der Waals surface area contributed by atoms with Gasteiger partial charge in [-0.15, -0.1) is 0 Å². The van der Waals surface area contributed by atoms with Crippen molar-refractivity contribution in [1.82, 2.24) is 0 Å². The van der Waals surface area contributed by atoms with E-state index in [2.05, 4.69) is 10.5 Å². The van der Waals surface area contributed by atoms with Crippen LogP contribution >= 0.6 is 0 Å². The number of benzene rings is 2. The molecular formula is C18H17FN2O2. The minimum absolute atomic E-state index is 0.230. The van der Waals surface area contributed by atoms with Gasteiger partial charge in [0.05, 0.1) is 5.71 Å². The third-order valence-electron chi connectivity index (χ3n) is 3.79. The highest BCUT2D eigenvalue weighted by atomic mass is 19.1. The Morgan fingerprint density at radius 1 is 1.26 bits per heavy atom. The maximum absolute atomic E-state index is 13.0. The van der Waals surface area contributed by atoms with Crippen LogP contribution in [-0.4, -0.2) is 17.7 Å². The fourth-order valence-electron chi connectivity index (χ4n) is 2.49. The molecule has 1 N–H and O–H groups in total. The van der Waals surface area contributed by atoms with Crippen molar-refractivity contribution in [2.24, 2.45) is 5.16 Å². The van der Waals surface area contributed by atoms with E-state index in [1.807, 2.05) is 31.2 Å². The Hall–Kier alpha value is -2.69. The highest BCUT2D eigenvalue weighted by Gasteiger charge is 2.29. The van der Waals surface area contributed by atoms with Gasteiger partial charge in [0.25, 0.3) is 5.91 Å². The van der Waals surface area contributed by atoms with Gasteiger partial charge < -0.3 is 10.2 Å². The molecule has 1 atom stereocenters. The first kappa shape index (κ1) is 15.2. The summed E-state index contributed by atoms with van der Waals surface area (Å²) >= 11 is 0. The van der Waals surface area contributed by atoms with Crippen molar-refractivity contribution in [3.05, 3.63) is 65.5 Å². The molecule has 0 spiro atoms. The lowest BCUT2D eigenvalue weighted by Gasteiger charge is -2.12. The van der Waals surface area contributed by atoms with E-state index in [0.29, 0.717) is 12.1 Å². The number of halogens is 1. The van der Waals surface area contributed by atoms with Crippen LogP contribution in [0, 0.1) is 5.82 Å². The first-order valence-corrected chi connectivity index (χ1v) is 7.54. The molecule has 4 nitrogen and oxygen atoms in total. The Kier molecular flexibility index (Phi) is 4.37. The third-order valence-corrected chi connectivity index (χ3v) is 3.79. The normalized spacial score (nSPS) is 16.6. The first-order valence-electron chi connectivity index (χ1n) is 7.54. The molecule has 23 heavy (non-hydrogen) atoms. The highest BCUT2D eigenvalue weighted by molar-refractivity contribution is 6.06. The van der Waals surface area contributed by atoms with Crippen LogP contribution in [0.2, 0.25) is 0 Å². The van der Waals surface area contributed by atoms with Gasteiger partial charge in [0.2, 0.25) is 6.10 Å². The fourth-order valence-corrected chi connectivity index (χ4v) is 2.49. The van der Waals surface area contributed by atoms with Crippen molar-refractivity contribution in [3.8, 4) is 0 Å². The van der Waals surface area contributed by atoms with Crippen LogP contribution in [0.15, 0.2) is 53.7 Å². The van der Waals surface area contributed by atoms with Gasteiger partial charge in [-0.3, -0.25) is 4.79 Å². The number of para-hydroxylation sites is 1. The van der Waals surface area contributed by atoms with Gasteiger partial charge in [-0.05, 0) is 35.7 Å². The standard InChI is InChI=1S/C18H17FN2O2/c1-2-12-5-3-4-6-15(12)20-18(22)17-11-16(21-23-17)13-7-9-14(19)10-8-13/h3-10,17H,2,11H2,1H3,(H,20,22)/t17-/m1/s1. The number of rotatable bonds is 4. The molecule has 0 aromatic heterocycles. The molecule has 0 aliphatic carbocycles. The zero-order chi connectivity index (χ0) is 16.2. The molecule has 118 valence electrons. The molecule has 5 heteroatoms. The third kappa shape index (κ3) is 3.39. The Bertz CT molecular complexity index is 741. The first-order chi connectivity index (χ1) is 11.2. The van der Waals surface area contributed by atoms with E-state index in [1.54, 1.807) is 12.1 Å². The molecule has 1 aliphatic rings. The number of anilines is 1. The summed E-state index contributed by atoms with van der Waals surface area (Å²) in [5.41, 5.74) is 3.27. The van der Waals surface area contributed by atoms with Gasteiger partial charge >= 0.3 is 0 Å². The van der Waals surface area contributed by atoms with E-state index < -0.39 is 6.10 Å². The molecule has 3 rings (SSSR count). The van der Waals surface area contributed by atoms with Gasteiger partial charge in [-0.25, -0.2) is 4.39 Å². The molecule has 0 fully saturated rings. The summed E-state index contributed by atoms with van der Waals surface area (Å²) in [6.45, 7) is 2.03. The van der Waals surface area contributed by atoms with Crippen molar-refractivity contribution in [2.45, 2.75) is 25.9 Å². The average molecular weight is 312 g/mol. The Morgan fingerprint density at radius 2 is 2.00 bits per heavy atom. The topological polar surface area (TPSA) is 50.7 Å². The van der Waals surface area contributed by atoms with Gasteiger partial charge in [-0.2, -0.15) is 0 Å². The summed E-state index contributed by atoms with van der Waals surface area (Å²) in [5, 5.41) is 6.84. The van der Waals surface area contributed by atoms with Crippen LogP contribution in [0.3, 0.4) is 0 Å². The molecule has 1 heterocycles. The average Bonchev–Trinajstić information content (AvgIpc) is 3.06. The predicted molar refractivity (Wildman–Crippen MR) is 86.9 cm³/mol. The number of amides is 1. The largest absolute Gasteiger partial charge is 0.382 e. The van der Waals surface area contributed by atoms with Gasteiger partial charge in [0.15, 0.2) is 0 Å². The number of oxime groups is 1. The van der Waals surface area contributed by atoms with E-state index in [9.17, 15) is 9.18 Å². The molecule has 0 bridgehead atoms. The number of aryl methyl sites for hydroxylation is 1. The minimum Gasteiger partial charge on any atom is -0.382 e. The molecule has 0 saturated heterocycles. The molecule has 0 saturated carbocycles. The van der Waals surface area contributed by atoms with E-state index in [4.69, 9.17) is 4.84 Å². The van der Waals surface area contributed by atoms with Crippen molar-refractivity contribution < 1.29 is 14.0 Å². The molecule has 2 aromatic rings. The zero-order valence-electron chi connectivity index (χ0n) is 12.8. The summed E-state index contributed by atoms with van der Waals surface area (Å²) in [6.07, 6.45) is 0.533. The quantitative estimate of drug-likeness (QED) is 0.939. The van der Waals surface area contributed by atoms with E-state index in [1.165, 1.54) is 12.1 Å². The SMILES string of the molecule is CCc1ccccc1NC(=O)[C@H]1CC(c2ccc(F)cc2)=NO1. The highest BCUT2D eigenvalue weighted by Crippen LogP contribution is 2.20. The number of hydrogen-bond acceptors (Lipinski definition) is 3. The van der Waals surface area contributed by atoms with Crippen LogP contribution in [0.4, 0.5) is 10.1 Å². The molecule has 1 aliphatic heterocycles. The maximum Gasteiger partial charge on any atom is 0.268 e.